The molecule has 1 N–H and O–H groups in total. The molecule has 20 heavy (non-hydrogen) atoms. The van der Waals surface area contributed by atoms with Crippen molar-refractivity contribution in [3.8, 4) is 11.5 Å². The van der Waals surface area contributed by atoms with E-state index >= 15 is 0 Å². The minimum atomic E-state index is -0.159. The maximum absolute atomic E-state index is 9.64. The van der Waals surface area contributed by atoms with Gasteiger partial charge >= 0.3 is 0 Å². The van der Waals surface area contributed by atoms with Gasteiger partial charge in [-0.1, -0.05) is 26.8 Å². The van der Waals surface area contributed by atoms with E-state index in [0.29, 0.717) is 24.4 Å². The lowest BCUT2D eigenvalue weighted by atomic mass is 9.69. The van der Waals surface area contributed by atoms with E-state index < -0.39 is 0 Å². The Hall–Kier alpha value is -1.22. The summed E-state index contributed by atoms with van der Waals surface area (Å²) >= 11 is 0. The number of hydrogen-bond acceptors (Lipinski definition) is 3. The summed E-state index contributed by atoms with van der Waals surface area (Å²) in [4.78, 5) is 0. The number of aliphatic hydroxyl groups excluding tert-OH is 1. The average Bonchev–Trinajstić information content (AvgIpc) is 2.44. The Morgan fingerprint density at radius 2 is 2.05 bits per heavy atom. The molecule has 0 spiro atoms. The molecule has 2 rings (SSSR count). The van der Waals surface area contributed by atoms with Crippen molar-refractivity contribution >= 4 is 0 Å². The number of methoxy groups -OCH3 is 1. The largest absolute Gasteiger partial charge is 0.493 e. The number of rotatable bonds is 6. The van der Waals surface area contributed by atoms with Gasteiger partial charge in [0.05, 0.1) is 19.8 Å². The summed E-state index contributed by atoms with van der Waals surface area (Å²) in [5.41, 5.74) is 1.23. The molecule has 3 atom stereocenters. The van der Waals surface area contributed by atoms with Crippen molar-refractivity contribution in [2.75, 3.05) is 13.7 Å². The Balaban J connectivity index is 2.04. The van der Waals surface area contributed by atoms with Crippen molar-refractivity contribution < 1.29 is 14.6 Å². The standard InChI is InChI=1S/C17H26O3/c1-11(2)7-8-20-16-6-5-13(9-17(16)19-4)14-10-15(18)12(14)3/h5-6,9,11-12,14-15,18H,7-8,10H2,1-4H3. The highest BCUT2D eigenvalue weighted by molar-refractivity contribution is 5.44. The molecule has 1 aliphatic carbocycles. The molecule has 3 heteroatoms. The Morgan fingerprint density at radius 1 is 1.30 bits per heavy atom. The first-order valence-electron chi connectivity index (χ1n) is 7.51. The monoisotopic (exact) mass is 278 g/mol. The minimum Gasteiger partial charge on any atom is -0.493 e. The molecule has 0 bridgehead atoms. The molecule has 1 aliphatic rings. The van der Waals surface area contributed by atoms with E-state index in [2.05, 4.69) is 32.9 Å². The summed E-state index contributed by atoms with van der Waals surface area (Å²) in [6, 6.07) is 6.14. The van der Waals surface area contributed by atoms with Gasteiger partial charge in [0.1, 0.15) is 0 Å². The van der Waals surface area contributed by atoms with Crippen LogP contribution in [-0.2, 0) is 0 Å². The molecule has 1 aromatic carbocycles. The molecular weight excluding hydrogens is 252 g/mol. The fourth-order valence-corrected chi connectivity index (χ4v) is 2.64. The van der Waals surface area contributed by atoms with Crippen LogP contribution in [0, 0.1) is 11.8 Å². The van der Waals surface area contributed by atoms with Crippen molar-refractivity contribution in [2.45, 2.75) is 45.6 Å². The molecule has 0 aromatic heterocycles. The fourth-order valence-electron chi connectivity index (χ4n) is 2.64. The third kappa shape index (κ3) is 3.26. The summed E-state index contributed by atoms with van der Waals surface area (Å²) in [5, 5.41) is 9.64. The lowest BCUT2D eigenvalue weighted by molar-refractivity contribution is 0.0116. The Labute approximate surface area is 121 Å². The molecule has 1 aromatic rings. The van der Waals surface area contributed by atoms with Crippen LogP contribution in [0.3, 0.4) is 0 Å². The quantitative estimate of drug-likeness (QED) is 0.864. The summed E-state index contributed by atoms with van der Waals surface area (Å²) in [5.74, 6) is 3.00. The molecule has 112 valence electrons. The number of benzene rings is 1. The first-order chi connectivity index (χ1) is 9.52. The Morgan fingerprint density at radius 3 is 2.60 bits per heavy atom. The van der Waals surface area contributed by atoms with Gasteiger partial charge in [-0.05, 0) is 48.3 Å². The second-order valence-electron chi connectivity index (χ2n) is 6.21. The van der Waals surface area contributed by atoms with E-state index in [9.17, 15) is 5.11 Å². The van der Waals surface area contributed by atoms with Crippen molar-refractivity contribution in [3.05, 3.63) is 23.8 Å². The van der Waals surface area contributed by atoms with Crippen LogP contribution in [0.15, 0.2) is 18.2 Å². The van der Waals surface area contributed by atoms with Crippen LogP contribution in [0.5, 0.6) is 11.5 Å². The average molecular weight is 278 g/mol. The highest BCUT2D eigenvalue weighted by Crippen LogP contribution is 2.44. The van der Waals surface area contributed by atoms with Crippen LogP contribution in [-0.4, -0.2) is 24.9 Å². The van der Waals surface area contributed by atoms with E-state index in [0.717, 1.165) is 24.3 Å². The van der Waals surface area contributed by atoms with E-state index in [4.69, 9.17) is 9.47 Å². The molecule has 0 aliphatic heterocycles. The van der Waals surface area contributed by atoms with Crippen molar-refractivity contribution in [3.63, 3.8) is 0 Å². The first kappa shape index (κ1) is 15.2. The molecule has 0 saturated heterocycles. The zero-order chi connectivity index (χ0) is 14.7. The number of hydrogen-bond donors (Lipinski definition) is 1. The van der Waals surface area contributed by atoms with Crippen molar-refractivity contribution in [2.24, 2.45) is 11.8 Å². The van der Waals surface area contributed by atoms with Gasteiger partial charge in [0.15, 0.2) is 11.5 Å². The van der Waals surface area contributed by atoms with Gasteiger partial charge in [0, 0.05) is 0 Å². The van der Waals surface area contributed by atoms with Crippen LogP contribution in [0.2, 0.25) is 0 Å². The minimum absolute atomic E-state index is 0.159. The smallest absolute Gasteiger partial charge is 0.161 e. The summed E-state index contributed by atoms with van der Waals surface area (Å²) in [6.45, 7) is 7.18. The van der Waals surface area contributed by atoms with Crippen LogP contribution >= 0.6 is 0 Å². The molecule has 0 heterocycles. The Kier molecular flexibility index (Phi) is 4.92. The first-order valence-corrected chi connectivity index (χ1v) is 7.51. The zero-order valence-electron chi connectivity index (χ0n) is 12.9. The van der Waals surface area contributed by atoms with Crippen LogP contribution in [0.1, 0.15) is 45.1 Å². The molecule has 0 amide bonds. The summed E-state index contributed by atoms with van der Waals surface area (Å²) in [7, 11) is 1.67. The molecule has 3 nitrogen and oxygen atoms in total. The van der Waals surface area contributed by atoms with Gasteiger partial charge < -0.3 is 14.6 Å². The van der Waals surface area contributed by atoms with E-state index in [1.54, 1.807) is 7.11 Å². The highest BCUT2D eigenvalue weighted by atomic mass is 16.5. The summed E-state index contributed by atoms with van der Waals surface area (Å²) < 4.78 is 11.2. The van der Waals surface area contributed by atoms with Gasteiger partial charge in [0.2, 0.25) is 0 Å². The van der Waals surface area contributed by atoms with E-state index in [1.807, 2.05) is 6.07 Å². The normalized spacial score (nSPS) is 25.4. The fraction of sp³-hybridized carbons (Fsp3) is 0.647. The topological polar surface area (TPSA) is 38.7 Å². The van der Waals surface area contributed by atoms with Crippen LogP contribution < -0.4 is 9.47 Å². The van der Waals surface area contributed by atoms with Crippen molar-refractivity contribution in [1.82, 2.24) is 0 Å². The summed E-state index contributed by atoms with van der Waals surface area (Å²) in [6.07, 6.45) is 1.72. The second kappa shape index (κ2) is 6.49. The SMILES string of the molecule is COc1cc(C2CC(O)C2C)ccc1OCCC(C)C. The van der Waals surface area contributed by atoms with Crippen molar-refractivity contribution in [1.29, 1.82) is 0 Å². The van der Waals surface area contributed by atoms with Crippen LogP contribution in [0.25, 0.3) is 0 Å². The molecular formula is C17H26O3. The maximum Gasteiger partial charge on any atom is 0.161 e. The van der Waals surface area contributed by atoms with Gasteiger partial charge in [0.25, 0.3) is 0 Å². The third-order valence-corrected chi connectivity index (χ3v) is 4.31. The molecule has 1 fully saturated rings. The van der Waals surface area contributed by atoms with Crippen LogP contribution in [0.4, 0.5) is 0 Å². The molecule has 0 radical (unpaired) electrons. The van der Waals surface area contributed by atoms with Gasteiger partial charge in [-0.2, -0.15) is 0 Å². The lowest BCUT2D eigenvalue weighted by Crippen LogP contribution is -2.37. The molecule has 1 saturated carbocycles. The predicted molar refractivity (Wildman–Crippen MR) is 80.5 cm³/mol. The second-order valence-corrected chi connectivity index (χ2v) is 6.21. The van der Waals surface area contributed by atoms with Gasteiger partial charge in [-0.3, -0.25) is 0 Å². The van der Waals surface area contributed by atoms with E-state index in [-0.39, 0.29) is 6.10 Å². The Bertz CT molecular complexity index is 442. The zero-order valence-corrected chi connectivity index (χ0v) is 12.9. The third-order valence-electron chi connectivity index (χ3n) is 4.31. The highest BCUT2D eigenvalue weighted by Gasteiger charge is 2.37. The maximum atomic E-state index is 9.64. The number of aliphatic hydroxyl groups is 1. The van der Waals surface area contributed by atoms with Gasteiger partial charge in [-0.15, -0.1) is 0 Å². The number of ether oxygens (including phenoxy) is 2. The van der Waals surface area contributed by atoms with E-state index in [1.165, 1.54) is 5.56 Å². The molecule has 3 unspecified atom stereocenters. The van der Waals surface area contributed by atoms with Gasteiger partial charge in [-0.25, -0.2) is 0 Å². The predicted octanol–water partition coefficient (Wildman–Crippen LogP) is 3.60. The lowest BCUT2D eigenvalue weighted by Gasteiger charge is -2.39.